The second kappa shape index (κ2) is 5.49. The number of aliphatic hydroxyl groups is 1. The summed E-state index contributed by atoms with van der Waals surface area (Å²) in [6.45, 7) is 2.94. The first-order chi connectivity index (χ1) is 7.02. The molecule has 0 fully saturated rings. The summed E-state index contributed by atoms with van der Waals surface area (Å²) in [5.41, 5.74) is 7.64. The fourth-order valence-corrected chi connectivity index (χ4v) is 1.91. The van der Waals surface area contributed by atoms with Crippen molar-refractivity contribution in [2.24, 2.45) is 0 Å². The Bertz CT molecular complexity index is 310. The molecule has 3 N–H and O–H groups in total. The third-order valence-corrected chi connectivity index (χ3v) is 2.89. The third-order valence-electron chi connectivity index (χ3n) is 2.43. The van der Waals surface area contributed by atoms with Crippen molar-refractivity contribution in [2.75, 3.05) is 19.4 Å². The summed E-state index contributed by atoms with van der Waals surface area (Å²) in [6, 6.07) is 6.02. The quantitative estimate of drug-likeness (QED) is 0.823. The van der Waals surface area contributed by atoms with E-state index in [1.165, 1.54) is 0 Å². The molecule has 0 aliphatic carbocycles. The number of benzene rings is 1. The van der Waals surface area contributed by atoms with Crippen molar-refractivity contribution in [3.05, 3.63) is 28.2 Å². The Hall–Kier alpha value is -0.580. The minimum absolute atomic E-state index is 0.158. The third kappa shape index (κ3) is 3.81. The molecule has 3 nitrogen and oxygen atoms in total. The van der Waals surface area contributed by atoms with Gasteiger partial charge in [0, 0.05) is 22.7 Å². The molecule has 1 aromatic carbocycles. The van der Waals surface area contributed by atoms with Gasteiger partial charge in [0.05, 0.1) is 6.61 Å². The van der Waals surface area contributed by atoms with Crippen molar-refractivity contribution in [1.82, 2.24) is 4.90 Å². The lowest BCUT2D eigenvalue weighted by Gasteiger charge is -2.23. The topological polar surface area (TPSA) is 49.5 Å². The van der Waals surface area contributed by atoms with Crippen LogP contribution >= 0.6 is 15.9 Å². The van der Waals surface area contributed by atoms with E-state index >= 15 is 0 Å². The van der Waals surface area contributed by atoms with E-state index in [1.807, 2.05) is 32.2 Å². The average molecular weight is 273 g/mol. The van der Waals surface area contributed by atoms with Gasteiger partial charge in [0.2, 0.25) is 0 Å². The van der Waals surface area contributed by atoms with E-state index in [-0.39, 0.29) is 12.6 Å². The monoisotopic (exact) mass is 272 g/mol. The van der Waals surface area contributed by atoms with Crippen LogP contribution in [0.3, 0.4) is 0 Å². The zero-order chi connectivity index (χ0) is 11.4. The summed E-state index contributed by atoms with van der Waals surface area (Å²) in [6.07, 6.45) is 0. The van der Waals surface area contributed by atoms with Crippen LogP contribution in [-0.4, -0.2) is 29.7 Å². The fraction of sp³-hybridized carbons (Fsp3) is 0.455. The van der Waals surface area contributed by atoms with Gasteiger partial charge in [-0.15, -0.1) is 0 Å². The van der Waals surface area contributed by atoms with Crippen LogP contribution in [0.5, 0.6) is 0 Å². The summed E-state index contributed by atoms with van der Waals surface area (Å²) < 4.78 is 0.988. The maximum Gasteiger partial charge on any atom is 0.0584 e. The fourth-order valence-electron chi connectivity index (χ4n) is 1.35. The maximum absolute atomic E-state index is 9.02. The highest BCUT2D eigenvalue weighted by atomic mass is 79.9. The van der Waals surface area contributed by atoms with Gasteiger partial charge in [-0.05, 0) is 37.7 Å². The number of anilines is 1. The van der Waals surface area contributed by atoms with Crippen molar-refractivity contribution in [3.63, 3.8) is 0 Å². The highest BCUT2D eigenvalue weighted by molar-refractivity contribution is 9.10. The highest BCUT2D eigenvalue weighted by Crippen LogP contribution is 2.18. The molecule has 0 saturated carbocycles. The molecule has 0 aromatic heterocycles. The number of nitrogens with zero attached hydrogens (tertiary/aromatic N) is 1. The maximum atomic E-state index is 9.02. The molecule has 0 aliphatic rings. The van der Waals surface area contributed by atoms with Crippen LogP contribution < -0.4 is 5.73 Å². The van der Waals surface area contributed by atoms with E-state index in [1.54, 1.807) is 0 Å². The Morgan fingerprint density at radius 3 is 2.67 bits per heavy atom. The van der Waals surface area contributed by atoms with E-state index < -0.39 is 0 Å². The number of hydrogen-bond donors (Lipinski definition) is 2. The predicted octanol–water partition coefficient (Wildman–Crippen LogP) is 1.84. The van der Waals surface area contributed by atoms with Crippen LogP contribution in [0.1, 0.15) is 12.5 Å². The van der Waals surface area contributed by atoms with Gasteiger partial charge in [-0.2, -0.15) is 0 Å². The van der Waals surface area contributed by atoms with Gasteiger partial charge in [0.25, 0.3) is 0 Å². The van der Waals surface area contributed by atoms with Crippen LogP contribution in [0.2, 0.25) is 0 Å². The number of halogens is 1. The minimum Gasteiger partial charge on any atom is -0.399 e. The van der Waals surface area contributed by atoms with E-state index in [2.05, 4.69) is 20.8 Å². The molecule has 0 heterocycles. The second-order valence-electron chi connectivity index (χ2n) is 3.84. The van der Waals surface area contributed by atoms with Gasteiger partial charge < -0.3 is 10.8 Å². The molecule has 1 rings (SSSR count). The summed E-state index contributed by atoms with van der Waals surface area (Å²) in [5.74, 6) is 0. The predicted molar refractivity (Wildman–Crippen MR) is 66.6 cm³/mol. The first-order valence-corrected chi connectivity index (χ1v) is 5.68. The van der Waals surface area contributed by atoms with Crippen molar-refractivity contribution in [1.29, 1.82) is 0 Å². The van der Waals surface area contributed by atoms with Crippen LogP contribution in [0.4, 0.5) is 5.69 Å². The number of aliphatic hydroxyl groups excluding tert-OH is 1. The Labute approximate surface area is 99.0 Å². The zero-order valence-corrected chi connectivity index (χ0v) is 10.7. The number of likely N-dealkylation sites (N-methyl/N-ethyl adjacent to an activating group) is 1. The molecular formula is C11H17BrN2O. The summed E-state index contributed by atoms with van der Waals surface area (Å²) >= 11 is 3.41. The van der Waals surface area contributed by atoms with E-state index in [9.17, 15) is 0 Å². The van der Waals surface area contributed by atoms with E-state index in [4.69, 9.17) is 10.8 Å². The lowest BCUT2D eigenvalue weighted by atomic mass is 10.2. The molecule has 15 heavy (non-hydrogen) atoms. The van der Waals surface area contributed by atoms with Gasteiger partial charge in [-0.3, -0.25) is 4.90 Å². The lowest BCUT2D eigenvalue weighted by molar-refractivity contribution is 0.154. The van der Waals surface area contributed by atoms with Gasteiger partial charge in [0.15, 0.2) is 0 Å². The van der Waals surface area contributed by atoms with Crippen molar-refractivity contribution in [3.8, 4) is 0 Å². The normalized spacial score (nSPS) is 13.1. The Balaban J connectivity index is 2.72. The molecule has 0 aliphatic heterocycles. The van der Waals surface area contributed by atoms with Crippen molar-refractivity contribution in [2.45, 2.75) is 19.5 Å². The molecule has 0 saturated heterocycles. The summed E-state index contributed by atoms with van der Waals surface area (Å²) in [4.78, 5) is 2.08. The van der Waals surface area contributed by atoms with Crippen LogP contribution in [-0.2, 0) is 6.54 Å². The van der Waals surface area contributed by atoms with E-state index in [0.29, 0.717) is 0 Å². The smallest absolute Gasteiger partial charge is 0.0584 e. The minimum atomic E-state index is 0.158. The molecule has 4 heteroatoms. The molecule has 0 spiro atoms. The van der Waals surface area contributed by atoms with Crippen molar-refractivity contribution >= 4 is 21.6 Å². The van der Waals surface area contributed by atoms with Crippen molar-refractivity contribution < 1.29 is 5.11 Å². The zero-order valence-electron chi connectivity index (χ0n) is 9.07. The van der Waals surface area contributed by atoms with E-state index in [0.717, 1.165) is 22.3 Å². The Kier molecular flexibility index (Phi) is 4.57. The number of rotatable bonds is 4. The second-order valence-corrected chi connectivity index (χ2v) is 4.76. The molecule has 0 bridgehead atoms. The Morgan fingerprint density at radius 1 is 1.47 bits per heavy atom. The van der Waals surface area contributed by atoms with Gasteiger partial charge >= 0.3 is 0 Å². The molecule has 1 unspecified atom stereocenters. The summed E-state index contributed by atoms with van der Waals surface area (Å²) in [5, 5.41) is 9.02. The molecular weight excluding hydrogens is 256 g/mol. The van der Waals surface area contributed by atoms with Crippen LogP contribution in [0, 0.1) is 0 Å². The largest absolute Gasteiger partial charge is 0.399 e. The first-order valence-electron chi connectivity index (χ1n) is 4.89. The number of hydrogen-bond acceptors (Lipinski definition) is 3. The van der Waals surface area contributed by atoms with Gasteiger partial charge in [0.1, 0.15) is 0 Å². The highest BCUT2D eigenvalue weighted by Gasteiger charge is 2.08. The molecule has 84 valence electrons. The summed E-state index contributed by atoms with van der Waals surface area (Å²) in [7, 11) is 1.98. The number of nitrogens with two attached hydrogens (primary N) is 1. The van der Waals surface area contributed by atoms with Gasteiger partial charge in [-0.1, -0.05) is 15.9 Å². The Morgan fingerprint density at radius 2 is 2.13 bits per heavy atom. The molecule has 0 amide bonds. The first kappa shape index (κ1) is 12.5. The molecule has 1 aromatic rings. The SMILES string of the molecule is CC(CO)N(C)Cc1cc(N)cc(Br)c1. The molecule has 0 radical (unpaired) electrons. The van der Waals surface area contributed by atoms with Crippen LogP contribution in [0.15, 0.2) is 22.7 Å². The average Bonchev–Trinajstić information content (AvgIpc) is 2.14. The van der Waals surface area contributed by atoms with Crippen LogP contribution in [0.25, 0.3) is 0 Å². The van der Waals surface area contributed by atoms with Gasteiger partial charge in [-0.25, -0.2) is 0 Å². The lowest BCUT2D eigenvalue weighted by Crippen LogP contribution is -2.31. The standard InChI is InChI=1S/C11H17BrN2O/c1-8(7-15)14(2)6-9-3-10(12)5-11(13)4-9/h3-5,8,15H,6-7,13H2,1-2H3. The molecule has 1 atom stereocenters. The number of nitrogen functional groups attached to an aromatic ring is 1.